The molecule has 3 aromatic carbocycles. The van der Waals surface area contributed by atoms with Crippen molar-refractivity contribution in [2.45, 2.75) is 38.0 Å². The van der Waals surface area contributed by atoms with Gasteiger partial charge in [-0.25, -0.2) is 9.59 Å². The third-order valence-corrected chi connectivity index (χ3v) is 5.37. The molecule has 0 bridgehead atoms. The molecule has 0 aliphatic heterocycles. The van der Waals surface area contributed by atoms with Crippen molar-refractivity contribution >= 4 is 29.4 Å². The smallest absolute Gasteiger partial charge is 0.411 e. The van der Waals surface area contributed by atoms with E-state index in [2.05, 4.69) is 21.3 Å². The van der Waals surface area contributed by atoms with Gasteiger partial charge in [0.2, 0.25) is 5.91 Å². The van der Waals surface area contributed by atoms with Crippen LogP contribution >= 0.6 is 0 Å². The van der Waals surface area contributed by atoms with Crippen molar-refractivity contribution < 1.29 is 19.1 Å². The van der Waals surface area contributed by atoms with Crippen LogP contribution in [0.15, 0.2) is 84.9 Å². The van der Waals surface area contributed by atoms with E-state index in [9.17, 15) is 14.4 Å². The number of hydrogen-bond acceptors (Lipinski definition) is 4. The Labute approximate surface area is 204 Å². The molecule has 0 spiro atoms. The second kappa shape index (κ2) is 11.7. The molecule has 0 heterocycles. The second-order valence-electron chi connectivity index (χ2n) is 8.35. The van der Waals surface area contributed by atoms with Crippen LogP contribution in [0.1, 0.15) is 24.0 Å². The molecule has 0 radical (unpaired) electrons. The molecule has 8 heteroatoms. The van der Waals surface area contributed by atoms with E-state index < -0.39 is 18.2 Å². The zero-order valence-corrected chi connectivity index (χ0v) is 19.2. The van der Waals surface area contributed by atoms with E-state index in [0.717, 1.165) is 24.0 Å². The normalized spacial score (nSPS) is 13.3. The SMILES string of the molecule is O=C(NCc1ccccc1)NC(Cc1ccccc1)C(=O)Nc1cccc(NC(=O)OC2CC2)c1. The molecule has 3 aromatic rings. The van der Waals surface area contributed by atoms with E-state index in [4.69, 9.17) is 4.74 Å². The Morgan fingerprint density at radius 1 is 0.800 bits per heavy atom. The highest BCUT2D eigenvalue weighted by Crippen LogP contribution is 2.24. The van der Waals surface area contributed by atoms with E-state index in [1.807, 2.05) is 60.7 Å². The van der Waals surface area contributed by atoms with Crippen molar-refractivity contribution in [3.63, 3.8) is 0 Å². The Morgan fingerprint density at radius 2 is 1.43 bits per heavy atom. The first-order chi connectivity index (χ1) is 17.0. The Bertz CT molecular complexity index is 1150. The number of rotatable bonds is 9. The van der Waals surface area contributed by atoms with Gasteiger partial charge in [-0.3, -0.25) is 10.1 Å². The molecule has 1 aliphatic rings. The van der Waals surface area contributed by atoms with E-state index in [1.54, 1.807) is 24.3 Å². The van der Waals surface area contributed by atoms with Crippen LogP contribution in [0.5, 0.6) is 0 Å². The zero-order valence-electron chi connectivity index (χ0n) is 19.2. The van der Waals surface area contributed by atoms with E-state index >= 15 is 0 Å². The van der Waals surface area contributed by atoms with Gasteiger partial charge in [0.15, 0.2) is 0 Å². The monoisotopic (exact) mass is 472 g/mol. The molecule has 1 atom stereocenters. The lowest BCUT2D eigenvalue weighted by Crippen LogP contribution is -2.49. The number of benzene rings is 3. The van der Waals surface area contributed by atoms with Crippen LogP contribution < -0.4 is 21.3 Å². The number of carbonyl (C=O) groups is 3. The molecule has 180 valence electrons. The average Bonchev–Trinajstić information content (AvgIpc) is 3.67. The number of hydrogen-bond donors (Lipinski definition) is 4. The predicted molar refractivity (Wildman–Crippen MR) is 134 cm³/mol. The minimum Gasteiger partial charge on any atom is -0.446 e. The van der Waals surface area contributed by atoms with Gasteiger partial charge < -0.3 is 20.7 Å². The molecule has 1 aliphatic carbocycles. The second-order valence-corrected chi connectivity index (χ2v) is 8.35. The number of anilines is 2. The fourth-order valence-corrected chi connectivity index (χ4v) is 3.44. The summed E-state index contributed by atoms with van der Waals surface area (Å²) < 4.78 is 5.20. The van der Waals surface area contributed by atoms with E-state index in [1.165, 1.54) is 0 Å². The summed E-state index contributed by atoms with van der Waals surface area (Å²) in [4.78, 5) is 37.6. The molecule has 4 N–H and O–H groups in total. The van der Waals surface area contributed by atoms with Crippen LogP contribution in [0.2, 0.25) is 0 Å². The first-order valence-corrected chi connectivity index (χ1v) is 11.6. The third kappa shape index (κ3) is 7.89. The van der Waals surface area contributed by atoms with Crippen molar-refractivity contribution in [3.8, 4) is 0 Å². The van der Waals surface area contributed by atoms with E-state index in [0.29, 0.717) is 24.3 Å². The molecular weight excluding hydrogens is 444 g/mol. The fraction of sp³-hybridized carbons (Fsp3) is 0.222. The highest BCUT2D eigenvalue weighted by molar-refractivity contribution is 5.98. The van der Waals surface area contributed by atoms with Gasteiger partial charge in [-0.05, 0) is 42.2 Å². The molecule has 1 saturated carbocycles. The number of ether oxygens (including phenoxy) is 1. The predicted octanol–water partition coefficient (Wildman–Crippen LogP) is 4.45. The lowest BCUT2D eigenvalue weighted by Gasteiger charge is -2.19. The minimum atomic E-state index is -0.815. The Kier molecular flexibility index (Phi) is 7.96. The lowest BCUT2D eigenvalue weighted by molar-refractivity contribution is -0.117. The quantitative estimate of drug-likeness (QED) is 0.369. The van der Waals surface area contributed by atoms with Gasteiger partial charge in [0.05, 0.1) is 0 Å². The first-order valence-electron chi connectivity index (χ1n) is 11.6. The zero-order chi connectivity index (χ0) is 24.5. The van der Waals surface area contributed by atoms with E-state index in [-0.39, 0.29) is 12.0 Å². The number of nitrogens with one attached hydrogen (secondary N) is 4. The van der Waals surface area contributed by atoms with Crippen LogP contribution in [-0.4, -0.2) is 30.2 Å². The summed E-state index contributed by atoms with van der Waals surface area (Å²) in [7, 11) is 0. The van der Waals surface area contributed by atoms with Crippen molar-refractivity contribution in [1.29, 1.82) is 0 Å². The van der Waals surface area contributed by atoms with Gasteiger partial charge in [-0.2, -0.15) is 0 Å². The van der Waals surface area contributed by atoms with Crippen LogP contribution in [0.4, 0.5) is 21.0 Å². The molecule has 4 rings (SSSR count). The summed E-state index contributed by atoms with van der Waals surface area (Å²) in [5.74, 6) is -0.374. The summed E-state index contributed by atoms with van der Waals surface area (Å²) in [6.07, 6.45) is 1.57. The number of carbonyl (C=O) groups excluding carboxylic acids is 3. The molecule has 8 nitrogen and oxygen atoms in total. The maximum Gasteiger partial charge on any atom is 0.411 e. The van der Waals surface area contributed by atoms with Crippen molar-refractivity contribution in [2.24, 2.45) is 0 Å². The molecule has 0 saturated heterocycles. The molecular formula is C27H28N4O4. The lowest BCUT2D eigenvalue weighted by atomic mass is 10.1. The Balaban J connectivity index is 1.39. The maximum atomic E-state index is 13.1. The molecule has 0 aromatic heterocycles. The number of amides is 4. The molecule has 35 heavy (non-hydrogen) atoms. The van der Waals surface area contributed by atoms with Gasteiger partial charge in [-0.15, -0.1) is 0 Å². The summed E-state index contributed by atoms with van der Waals surface area (Å²) in [6, 6.07) is 24.5. The van der Waals surface area contributed by atoms with Crippen molar-refractivity contribution in [3.05, 3.63) is 96.1 Å². The highest BCUT2D eigenvalue weighted by atomic mass is 16.6. The summed E-state index contributed by atoms with van der Waals surface area (Å²) in [5, 5.41) is 11.1. The average molecular weight is 473 g/mol. The minimum absolute atomic E-state index is 0.00394. The molecule has 1 unspecified atom stereocenters. The van der Waals surface area contributed by atoms with Gasteiger partial charge in [-0.1, -0.05) is 66.7 Å². The fourth-order valence-electron chi connectivity index (χ4n) is 3.44. The largest absolute Gasteiger partial charge is 0.446 e. The molecule has 1 fully saturated rings. The summed E-state index contributed by atoms with van der Waals surface area (Å²) in [6.45, 7) is 0.344. The Hall–Kier alpha value is -4.33. The van der Waals surface area contributed by atoms with Gasteiger partial charge >= 0.3 is 12.1 Å². The maximum absolute atomic E-state index is 13.1. The van der Waals surface area contributed by atoms with Crippen molar-refractivity contribution in [1.82, 2.24) is 10.6 Å². The Morgan fingerprint density at radius 3 is 2.09 bits per heavy atom. The van der Waals surface area contributed by atoms with Gasteiger partial charge in [0.25, 0.3) is 0 Å². The van der Waals surface area contributed by atoms with Crippen LogP contribution in [-0.2, 0) is 22.5 Å². The summed E-state index contributed by atoms with van der Waals surface area (Å²) in [5.41, 5.74) is 2.86. The summed E-state index contributed by atoms with van der Waals surface area (Å²) >= 11 is 0. The highest BCUT2D eigenvalue weighted by Gasteiger charge is 2.26. The van der Waals surface area contributed by atoms with Crippen LogP contribution in [0.25, 0.3) is 0 Å². The third-order valence-electron chi connectivity index (χ3n) is 5.37. The first kappa shape index (κ1) is 23.8. The standard InChI is InChI=1S/C27H28N4O4/c32-25(29-21-12-7-13-22(17-21)30-27(34)35-23-14-15-23)24(16-19-8-3-1-4-9-19)31-26(33)28-18-20-10-5-2-6-11-20/h1-13,17,23-24H,14-16,18H2,(H,29,32)(H,30,34)(H2,28,31,33). The van der Waals surface area contributed by atoms with Gasteiger partial charge in [0.1, 0.15) is 12.1 Å². The van der Waals surface area contributed by atoms with Crippen LogP contribution in [0.3, 0.4) is 0 Å². The molecule has 4 amide bonds. The van der Waals surface area contributed by atoms with Crippen LogP contribution in [0, 0.1) is 0 Å². The van der Waals surface area contributed by atoms with Gasteiger partial charge in [0, 0.05) is 24.3 Å². The topological polar surface area (TPSA) is 109 Å². The number of urea groups is 1. The van der Waals surface area contributed by atoms with Crippen molar-refractivity contribution in [2.75, 3.05) is 10.6 Å².